The van der Waals surface area contributed by atoms with Crippen molar-refractivity contribution in [2.45, 2.75) is 64.6 Å². The third-order valence-electron chi connectivity index (χ3n) is 5.79. The molecule has 2 aliphatic heterocycles. The second-order valence-corrected chi connectivity index (χ2v) is 8.03. The topological polar surface area (TPSA) is 15.7 Å². The lowest BCUT2D eigenvalue weighted by Crippen LogP contribution is -2.53. The average Bonchev–Trinajstić information content (AvgIpc) is 3.23. The summed E-state index contributed by atoms with van der Waals surface area (Å²) in [6.07, 6.45) is 7.14. The van der Waals surface area contributed by atoms with Crippen molar-refractivity contribution < 1.29 is 4.74 Å². The van der Waals surface area contributed by atoms with Crippen LogP contribution in [0.1, 0.15) is 52.9 Å². The Labute approximate surface area is 131 Å². The number of likely N-dealkylation sites (tertiary alicyclic amines) is 1. The van der Waals surface area contributed by atoms with Gasteiger partial charge in [0.2, 0.25) is 0 Å². The predicted molar refractivity (Wildman–Crippen MR) is 87.6 cm³/mol. The Morgan fingerprint density at radius 2 is 1.86 bits per heavy atom. The summed E-state index contributed by atoms with van der Waals surface area (Å²) in [6.45, 7) is 14.4. The molecule has 1 saturated carbocycles. The lowest BCUT2D eigenvalue weighted by atomic mass is 9.89. The maximum atomic E-state index is 6.53. The summed E-state index contributed by atoms with van der Waals surface area (Å²) in [6, 6.07) is 0. The van der Waals surface area contributed by atoms with Crippen LogP contribution in [0.3, 0.4) is 0 Å². The van der Waals surface area contributed by atoms with Crippen LogP contribution in [0.15, 0.2) is 0 Å². The van der Waals surface area contributed by atoms with Gasteiger partial charge < -0.3 is 9.64 Å². The van der Waals surface area contributed by atoms with Gasteiger partial charge in [0, 0.05) is 13.1 Å². The Morgan fingerprint density at radius 3 is 2.43 bits per heavy atom. The van der Waals surface area contributed by atoms with E-state index >= 15 is 0 Å². The van der Waals surface area contributed by atoms with Gasteiger partial charge in [0.15, 0.2) is 0 Å². The zero-order valence-corrected chi connectivity index (χ0v) is 14.3. The Hall–Kier alpha value is -0.120. The Balaban J connectivity index is 1.47. The van der Waals surface area contributed by atoms with Crippen LogP contribution in [0.4, 0.5) is 0 Å². The van der Waals surface area contributed by atoms with E-state index in [1.165, 1.54) is 71.4 Å². The van der Waals surface area contributed by atoms with Crippen LogP contribution in [0, 0.1) is 11.8 Å². The molecule has 3 nitrogen and oxygen atoms in total. The zero-order valence-electron chi connectivity index (χ0n) is 14.3. The molecule has 0 aromatic rings. The SMILES string of the molecule is CCN1CC(C2CCN(CCC(C)C)CC2)OC2(CC2)C1. The summed E-state index contributed by atoms with van der Waals surface area (Å²) in [5.74, 6) is 1.63. The number of likely N-dealkylation sites (N-methyl/N-ethyl adjacent to an activating group) is 1. The molecule has 3 rings (SSSR count). The second kappa shape index (κ2) is 6.55. The lowest BCUT2D eigenvalue weighted by molar-refractivity contribution is -0.129. The monoisotopic (exact) mass is 294 g/mol. The Bertz CT molecular complexity index is 332. The van der Waals surface area contributed by atoms with Crippen molar-refractivity contribution in [1.82, 2.24) is 9.80 Å². The number of hydrogen-bond acceptors (Lipinski definition) is 3. The maximum absolute atomic E-state index is 6.53. The molecule has 1 unspecified atom stereocenters. The van der Waals surface area contributed by atoms with Crippen molar-refractivity contribution >= 4 is 0 Å². The fourth-order valence-electron chi connectivity index (χ4n) is 4.01. The van der Waals surface area contributed by atoms with E-state index in [1.807, 2.05) is 0 Å². The number of rotatable bonds is 5. The number of hydrogen-bond donors (Lipinski definition) is 0. The number of morpholine rings is 1. The second-order valence-electron chi connectivity index (χ2n) is 8.03. The van der Waals surface area contributed by atoms with Crippen LogP contribution in [-0.4, -0.2) is 60.8 Å². The van der Waals surface area contributed by atoms with Gasteiger partial charge in [-0.25, -0.2) is 0 Å². The largest absolute Gasteiger partial charge is 0.369 e. The lowest BCUT2D eigenvalue weighted by Gasteiger charge is -2.44. The fourth-order valence-corrected chi connectivity index (χ4v) is 4.01. The minimum atomic E-state index is 0.272. The summed E-state index contributed by atoms with van der Waals surface area (Å²) in [5.41, 5.74) is 0.272. The Kier molecular flexibility index (Phi) is 4.92. The van der Waals surface area contributed by atoms with E-state index < -0.39 is 0 Å². The highest BCUT2D eigenvalue weighted by Crippen LogP contribution is 2.45. The van der Waals surface area contributed by atoms with E-state index in [2.05, 4.69) is 30.6 Å². The Morgan fingerprint density at radius 1 is 1.14 bits per heavy atom. The molecule has 1 aliphatic carbocycles. The fraction of sp³-hybridized carbons (Fsp3) is 1.00. The minimum Gasteiger partial charge on any atom is -0.369 e. The summed E-state index contributed by atoms with van der Waals surface area (Å²) >= 11 is 0. The van der Waals surface area contributed by atoms with Crippen molar-refractivity contribution in [3.8, 4) is 0 Å². The summed E-state index contributed by atoms with van der Waals surface area (Å²) in [7, 11) is 0. The summed E-state index contributed by atoms with van der Waals surface area (Å²) in [4.78, 5) is 5.30. The highest BCUT2D eigenvalue weighted by Gasteiger charge is 2.51. The zero-order chi connectivity index (χ0) is 14.9. The molecule has 1 atom stereocenters. The van der Waals surface area contributed by atoms with Crippen molar-refractivity contribution in [2.24, 2.45) is 11.8 Å². The van der Waals surface area contributed by atoms with Crippen molar-refractivity contribution in [2.75, 3.05) is 39.3 Å². The molecule has 21 heavy (non-hydrogen) atoms. The van der Waals surface area contributed by atoms with E-state index in [4.69, 9.17) is 4.74 Å². The van der Waals surface area contributed by atoms with Gasteiger partial charge in [-0.2, -0.15) is 0 Å². The first-order chi connectivity index (χ1) is 10.1. The van der Waals surface area contributed by atoms with Crippen molar-refractivity contribution in [3.63, 3.8) is 0 Å². The molecule has 122 valence electrons. The van der Waals surface area contributed by atoms with Crippen LogP contribution < -0.4 is 0 Å². The van der Waals surface area contributed by atoms with Gasteiger partial charge in [-0.05, 0) is 70.1 Å². The molecular formula is C18H34N2O. The summed E-state index contributed by atoms with van der Waals surface area (Å²) < 4.78 is 6.53. The first-order valence-corrected chi connectivity index (χ1v) is 9.23. The van der Waals surface area contributed by atoms with Crippen molar-refractivity contribution in [3.05, 3.63) is 0 Å². The third kappa shape index (κ3) is 4.00. The molecule has 0 N–H and O–H groups in total. The number of nitrogens with zero attached hydrogens (tertiary/aromatic N) is 2. The number of piperidine rings is 1. The first-order valence-electron chi connectivity index (χ1n) is 9.23. The molecule has 0 aromatic carbocycles. The highest BCUT2D eigenvalue weighted by molar-refractivity contribution is 5.03. The van der Waals surface area contributed by atoms with E-state index in [-0.39, 0.29) is 5.60 Å². The van der Waals surface area contributed by atoms with E-state index in [1.54, 1.807) is 0 Å². The van der Waals surface area contributed by atoms with Crippen LogP contribution in [0.25, 0.3) is 0 Å². The number of ether oxygens (including phenoxy) is 1. The molecule has 0 radical (unpaired) electrons. The van der Waals surface area contributed by atoms with Crippen LogP contribution in [0.5, 0.6) is 0 Å². The molecule has 0 bridgehead atoms. The molecule has 0 aromatic heterocycles. The standard InChI is InChI=1S/C18H34N2O/c1-4-19-13-17(21-18(14-19)8-9-18)16-6-11-20(12-7-16)10-5-15(2)3/h15-17H,4-14H2,1-3H3. The molecule has 2 saturated heterocycles. The van der Waals surface area contributed by atoms with Crippen molar-refractivity contribution in [1.29, 1.82) is 0 Å². The summed E-state index contributed by atoms with van der Waals surface area (Å²) in [5, 5.41) is 0. The predicted octanol–water partition coefficient (Wildman–Crippen LogP) is 3.00. The van der Waals surface area contributed by atoms with E-state index in [9.17, 15) is 0 Å². The first kappa shape index (κ1) is 15.8. The van der Waals surface area contributed by atoms with Gasteiger partial charge in [0.25, 0.3) is 0 Å². The third-order valence-corrected chi connectivity index (χ3v) is 5.79. The van der Waals surface area contributed by atoms with Gasteiger partial charge in [-0.3, -0.25) is 4.90 Å². The van der Waals surface area contributed by atoms with Gasteiger partial charge in [0.1, 0.15) is 0 Å². The van der Waals surface area contributed by atoms with E-state index in [0.717, 1.165) is 11.8 Å². The maximum Gasteiger partial charge on any atom is 0.0815 e. The normalized spacial score (nSPS) is 31.1. The molecule has 3 heteroatoms. The smallest absolute Gasteiger partial charge is 0.0815 e. The quantitative estimate of drug-likeness (QED) is 0.775. The molecule has 3 aliphatic rings. The van der Waals surface area contributed by atoms with Gasteiger partial charge in [0.05, 0.1) is 11.7 Å². The van der Waals surface area contributed by atoms with Gasteiger partial charge in [-0.1, -0.05) is 20.8 Å². The molecule has 1 spiro atoms. The van der Waals surface area contributed by atoms with E-state index in [0.29, 0.717) is 6.10 Å². The minimum absolute atomic E-state index is 0.272. The molecule has 2 heterocycles. The van der Waals surface area contributed by atoms with Crippen LogP contribution >= 0.6 is 0 Å². The van der Waals surface area contributed by atoms with Crippen LogP contribution in [-0.2, 0) is 4.74 Å². The molecule has 0 amide bonds. The molecular weight excluding hydrogens is 260 g/mol. The molecule has 3 fully saturated rings. The highest BCUT2D eigenvalue weighted by atomic mass is 16.5. The van der Waals surface area contributed by atoms with Gasteiger partial charge in [-0.15, -0.1) is 0 Å². The average molecular weight is 294 g/mol. The van der Waals surface area contributed by atoms with Gasteiger partial charge >= 0.3 is 0 Å². The van der Waals surface area contributed by atoms with Crippen LogP contribution in [0.2, 0.25) is 0 Å².